The van der Waals surface area contributed by atoms with Crippen LogP contribution in [0.2, 0.25) is 5.02 Å². The minimum atomic E-state index is -1.03. The number of benzene rings is 2. The van der Waals surface area contributed by atoms with Gasteiger partial charge in [0.15, 0.2) is 0 Å². The number of carbonyl (C=O) groups is 1. The van der Waals surface area contributed by atoms with Gasteiger partial charge in [-0.1, -0.05) is 23.7 Å². The molecule has 5 nitrogen and oxygen atoms in total. The zero-order chi connectivity index (χ0) is 15.0. The summed E-state index contributed by atoms with van der Waals surface area (Å²) in [5, 5.41) is 9.64. The maximum absolute atomic E-state index is 12.0. The summed E-state index contributed by atoms with van der Waals surface area (Å²) >= 11 is 5.94. The summed E-state index contributed by atoms with van der Waals surface area (Å²) in [5.41, 5.74) is 1.88. The number of imidazole rings is 1. The molecule has 0 fully saturated rings. The van der Waals surface area contributed by atoms with Gasteiger partial charge in [-0.2, -0.15) is 0 Å². The van der Waals surface area contributed by atoms with Crippen molar-refractivity contribution in [1.29, 1.82) is 0 Å². The van der Waals surface area contributed by atoms with E-state index in [1.165, 1.54) is 16.7 Å². The van der Waals surface area contributed by atoms with E-state index < -0.39 is 5.97 Å². The SMILES string of the molecule is O=C(O)c1ccc2[nH]c(=O)n(Cc3cccc(Cl)c3)c2c1. The molecule has 0 radical (unpaired) electrons. The van der Waals surface area contributed by atoms with Crippen LogP contribution in [0.3, 0.4) is 0 Å². The quantitative estimate of drug-likeness (QED) is 0.781. The van der Waals surface area contributed by atoms with Gasteiger partial charge in [0.1, 0.15) is 0 Å². The van der Waals surface area contributed by atoms with Crippen LogP contribution in [0.5, 0.6) is 0 Å². The Kier molecular flexibility index (Phi) is 3.27. The van der Waals surface area contributed by atoms with Crippen molar-refractivity contribution in [3.05, 3.63) is 69.1 Å². The largest absolute Gasteiger partial charge is 0.478 e. The van der Waals surface area contributed by atoms with Gasteiger partial charge in [0.2, 0.25) is 0 Å². The van der Waals surface area contributed by atoms with Gasteiger partial charge in [0, 0.05) is 5.02 Å². The molecular formula is C15H11ClN2O3. The number of hydrogen-bond acceptors (Lipinski definition) is 2. The molecule has 2 N–H and O–H groups in total. The Morgan fingerprint density at radius 1 is 1.24 bits per heavy atom. The van der Waals surface area contributed by atoms with E-state index >= 15 is 0 Å². The maximum Gasteiger partial charge on any atom is 0.335 e. The Morgan fingerprint density at radius 2 is 2.05 bits per heavy atom. The van der Waals surface area contributed by atoms with Crippen molar-refractivity contribution in [1.82, 2.24) is 9.55 Å². The Morgan fingerprint density at radius 3 is 2.76 bits per heavy atom. The van der Waals surface area contributed by atoms with E-state index in [0.29, 0.717) is 22.6 Å². The molecule has 0 spiro atoms. The van der Waals surface area contributed by atoms with Crippen molar-refractivity contribution in [3.8, 4) is 0 Å². The Labute approximate surface area is 124 Å². The third-order valence-corrected chi connectivity index (χ3v) is 3.49. The van der Waals surface area contributed by atoms with Gasteiger partial charge in [-0.15, -0.1) is 0 Å². The Balaban J connectivity index is 2.12. The second-order valence-electron chi connectivity index (χ2n) is 4.68. The van der Waals surface area contributed by atoms with E-state index in [0.717, 1.165) is 5.56 Å². The van der Waals surface area contributed by atoms with Gasteiger partial charge in [-0.3, -0.25) is 4.57 Å². The molecule has 0 aliphatic carbocycles. The molecule has 0 saturated heterocycles. The third kappa shape index (κ3) is 2.55. The summed E-state index contributed by atoms with van der Waals surface area (Å²) in [6.45, 7) is 0.322. The average molecular weight is 303 g/mol. The minimum absolute atomic E-state index is 0.140. The summed E-state index contributed by atoms with van der Waals surface area (Å²) in [5.74, 6) is -1.03. The van der Waals surface area contributed by atoms with E-state index in [9.17, 15) is 9.59 Å². The van der Waals surface area contributed by atoms with Crippen molar-refractivity contribution in [2.45, 2.75) is 6.54 Å². The van der Waals surface area contributed by atoms with Crippen molar-refractivity contribution < 1.29 is 9.90 Å². The number of rotatable bonds is 3. The second-order valence-corrected chi connectivity index (χ2v) is 5.12. The number of hydrogen-bond donors (Lipinski definition) is 2. The Bertz CT molecular complexity index is 895. The highest BCUT2D eigenvalue weighted by molar-refractivity contribution is 6.30. The van der Waals surface area contributed by atoms with Gasteiger partial charge in [0.25, 0.3) is 0 Å². The first kappa shape index (κ1) is 13.5. The third-order valence-electron chi connectivity index (χ3n) is 3.25. The minimum Gasteiger partial charge on any atom is -0.478 e. The van der Waals surface area contributed by atoms with E-state index in [2.05, 4.69) is 4.98 Å². The highest BCUT2D eigenvalue weighted by Gasteiger charge is 2.11. The number of nitrogens with zero attached hydrogens (tertiary/aromatic N) is 1. The van der Waals surface area contributed by atoms with Gasteiger partial charge in [-0.05, 0) is 35.9 Å². The molecule has 3 aromatic rings. The van der Waals surface area contributed by atoms with Crippen LogP contribution < -0.4 is 5.69 Å². The molecule has 0 unspecified atom stereocenters. The van der Waals surface area contributed by atoms with Crippen molar-refractivity contribution in [2.24, 2.45) is 0 Å². The summed E-state index contributed by atoms with van der Waals surface area (Å²) in [6.07, 6.45) is 0. The molecule has 1 aromatic heterocycles. The fourth-order valence-corrected chi connectivity index (χ4v) is 2.47. The molecule has 2 aromatic carbocycles. The van der Waals surface area contributed by atoms with E-state index in [1.54, 1.807) is 24.3 Å². The number of H-pyrrole nitrogens is 1. The molecule has 0 aliphatic rings. The standard InChI is InChI=1S/C15H11ClN2O3/c16-11-3-1-2-9(6-11)8-18-13-7-10(14(19)20)4-5-12(13)17-15(18)21/h1-7H,8H2,(H,17,21)(H,19,20). The maximum atomic E-state index is 12.0. The van der Waals surface area contributed by atoms with Crippen molar-refractivity contribution >= 4 is 28.6 Å². The lowest BCUT2D eigenvalue weighted by molar-refractivity contribution is 0.0697. The smallest absolute Gasteiger partial charge is 0.335 e. The summed E-state index contributed by atoms with van der Waals surface area (Å²) in [7, 11) is 0. The predicted molar refractivity (Wildman–Crippen MR) is 80.1 cm³/mol. The van der Waals surface area contributed by atoms with Gasteiger partial charge in [0.05, 0.1) is 23.1 Å². The number of carboxylic acids is 1. The number of aromatic carboxylic acids is 1. The van der Waals surface area contributed by atoms with Crippen LogP contribution in [-0.2, 0) is 6.54 Å². The van der Waals surface area contributed by atoms with E-state index in [-0.39, 0.29) is 11.3 Å². The number of halogens is 1. The highest BCUT2D eigenvalue weighted by Crippen LogP contribution is 2.16. The molecule has 1 heterocycles. The van der Waals surface area contributed by atoms with E-state index in [4.69, 9.17) is 16.7 Å². The topological polar surface area (TPSA) is 75.1 Å². The van der Waals surface area contributed by atoms with Gasteiger partial charge >= 0.3 is 11.7 Å². The number of carboxylic acid groups (broad SMARTS) is 1. The average Bonchev–Trinajstić information content (AvgIpc) is 2.74. The summed E-state index contributed by atoms with van der Waals surface area (Å²) < 4.78 is 1.49. The molecule has 3 rings (SSSR count). The Hall–Kier alpha value is -2.53. The second kappa shape index (κ2) is 5.10. The van der Waals surface area contributed by atoms with Gasteiger partial charge < -0.3 is 10.1 Å². The molecule has 0 amide bonds. The monoisotopic (exact) mass is 302 g/mol. The summed E-state index contributed by atoms with van der Waals surface area (Å²) in [4.78, 5) is 25.8. The van der Waals surface area contributed by atoms with Gasteiger partial charge in [-0.25, -0.2) is 9.59 Å². The van der Waals surface area contributed by atoms with Crippen LogP contribution >= 0.6 is 11.6 Å². The lowest BCUT2D eigenvalue weighted by atomic mass is 10.2. The zero-order valence-corrected chi connectivity index (χ0v) is 11.6. The lowest BCUT2D eigenvalue weighted by Crippen LogP contribution is -2.17. The van der Waals surface area contributed by atoms with Crippen LogP contribution in [0.15, 0.2) is 47.3 Å². The number of nitrogens with one attached hydrogen (secondary N) is 1. The fraction of sp³-hybridized carbons (Fsp3) is 0.0667. The number of aromatic nitrogens is 2. The van der Waals surface area contributed by atoms with Crippen LogP contribution in [-0.4, -0.2) is 20.6 Å². The number of aromatic amines is 1. The van der Waals surface area contributed by atoms with Crippen molar-refractivity contribution in [2.75, 3.05) is 0 Å². The van der Waals surface area contributed by atoms with Crippen molar-refractivity contribution in [3.63, 3.8) is 0 Å². The molecule has 0 saturated carbocycles. The zero-order valence-electron chi connectivity index (χ0n) is 10.8. The molecule has 106 valence electrons. The predicted octanol–water partition coefficient (Wildman–Crippen LogP) is 2.73. The molecule has 0 aliphatic heterocycles. The molecular weight excluding hydrogens is 292 g/mol. The van der Waals surface area contributed by atoms with Crippen LogP contribution in [0.4, 0.5) is 0 Å². The van der Waals surface area contributed by atoms with Crippen LogP contribution in [0, 0.1) is 0 Å². The first-order chi connectivity index (χ1) is 10.0. The molecule has 6 heteroatoms. The van der Waals surface area contributed by atoms with Crippen LogP contribution in [0.1, 0.15) is 15.9 Å². The molecule has 21 heavy (non-hydrogen) atoms. The number of fused-ring (bicyclic) bond motifs is 1. The molecule has 0 atom stereocenters. The fourth-order valence-electron chi connectivity index (χ4n) is 2.26. The molecule has 0 bridgehead atoms. The highest BCUT2D eigenvalue weighted by atomic mass is 35.5. The summed E-state index contributed by atoms with van der Waals surface area (Å²) in [6, 6.07) is 11.7. The first-order valence-electron chi connectivity index (χ1n) is 6.25. The van der Waals surface area contributed by atoms with E-state index in [1.807, 2.05) is 6.07 Å². The normalized spacial score (nSPS) is 10.9. The first-order valence-corrected chi connectivity index (χ1v) is 6.63. The lowest BCUT2D eigenvalue weighted by Gasteiger charge is -2.05. The van der Waals surface area contributed by atoms with Crippen LogP contribution in [0.25, 0.3) is 11.0 Å².